The van der Waals surface area contributed by atoms with Crippen LogP contribution in [0.2, 0.25) is 0 Å². The van der Waals surface area contributed by atoms with Gasteiger partial charge in [-0.15, -0.1) is 0 Å². The second-order valence-electron chi connectivity index (χ2n) is 8.99. The third-order valence-corrected chi connectivity index (χ3v) is 6.26. The Kier molecular flexibility index (Phi) is 8.40. The lowest BCUT2D eigenvalue weighted by atomic mass is 10.1. The molecule has 32 heavy (non-hydrogen) atoms. The number of aliphatic hydroxyl groups is 2. The summed E-state index contributed by atoms with van der Waals surface area (Å²) >= 11 is 0. The van der Waals surface area contributed by atoms with E-state index in [0.29, 0.717) is 26.3 Å². The number of ether oxygens (including phenoxy) is 2. The second-order valence-corrected chi connectivity index (χ2v) is 8.99. The van der Waals surface area contributed by atoms with Gasteiger partial charge in [-0.05, 0) is 87.3 Å². The van der Waals surface area contributed by atoms with Crippen molar-refractivity contribution >= 4 is 0 Å². The number of hydrogen-bond acceptors (Lipinski definition) is 6. The first kappa shape index (κ1) is 23.1. The topological polar surface area (TPSA) is 65.4 Å². The van der Waals surface area contributed by atoms with Gasteiger partial charge in [0.1, 0.15) is 36.9 Å². The van der Waals surface area contributed by atoms with Crippen LogP contribution in [0.1, 0.15) is 25.7 Å². The zero-order chi connectivity index (χ0) is 22.2. The summed E-state index contributed by atoms with van der Waals surface area (Å²) in [5.41, 5.74) is 2.19. The molecule has 4 rings (SSSR count). The molecule has 0 saturated carbocycles. The fourth-order valence-corrected chi connectivity index (χ4v) is 4.50. The minimum Gasteiger partial charge on any atom is -0.491 e. The van der Waals surface area contributed by atoms with E-state index in [-0.39, 0.29) is 0 Å². The Morgan fingerprint density at radius 2 is 0.938 bits per heavy atom. The van der Waals surface area contributed by atoms with Crippen molar-refractivity contribution in [3.63, 3.8) is 0 Å². The summed E-state index contributed by atoms with van der Waals surface area (Å²) in [5.74, 6) is 1.53. The smallest absolute Gasteiger partial charge is 0.119 e. The van der Waals surface area contributed by atoms with Crippen LogP contribution in [-0.2, 0) is 0 Å². The Bertz CT molecular complexity index is 730. The summed E-state index contributed by atoms with van der Waals surface area (Å²) in [4.78, 5) is 4.58. The Morgan fingerprint density at radius 3 is 1.28 bits per heavy atom. The molecule has 2 aliphatic heterocycles. The maximum absolute atomic E-state index is 10.2. The molecule has 0 aliphatic carbocycles. The van der Waals surface area contributed by atoms with Gasteiger partial charge in [0.15, 0.2) is 0 Å². The van der Waals surface area contributed by atoms with E-state index in [2.05, 4.69) is 9.80 Å². The van der Waals surface area contributed by atoms with Crippen LogP contribution in [0.4, 0.5) is 0 Å². The van der Waals surface area contributed by atoms with Gasteiger partial charge < -0.3 is 29.5 Å². The predicted octanol–water partition coefficient (Wildman–Crippen LogP) is 3.02. The van der Waals surface area contributed by atoms with E-state index >= 15 is 0 Å². The van der Waals surface area contributed by atoms with E-state index in [1.165, 1.54) is 25.7 Å². The number of hydrogen-bond donors (Lipinski definition) is 2. The molecule has 2 saturated heterocycles. The van der Waals surface area contributed by atoms with Gasteiger partial charge in [0.05, 0.1) is 0 Å². The molecule has 0 spiro atoms. The molecule has 2 aliphatic rings. The SMILES string of the molecule is O[C@H](COc1ccc(-c2ccc(OC[C@H](O)CN3CCCC3)cc2)cc1)CN1CCCC1. The Morgan fingerprint density at radius 1 is 0.594 bits per heavy atom. The normalized spacial score (nSPS) is 19.2. The third kappa shape index (κ3) is 6.94. The molecule has 2 atom stereocenters. The molecule has 0 unspecified atom stereocenters. The highest BCUT2D eigenvalue weighted by Crippen LogP contribution is 2.25. The van der Waals surface area contributed by atoms with E-state index in [0.717, 1.165) is 48.8 Å². The average Bonchev–Trinajstić information content (AvgIpc) is 3.52. The minimum absolute atomic E-state index is 0.311. The van der Waals surface area contributed by atoms with Crippen LogP contribution in [-0.4, -0.2) is 84.7 Å². The number of likely N-dealkylation sites (tertiary alicyclic amines) is 2. The van der Waals surface area contributed by atoms with Gasteiger partial charge in [-0.25, -0.2) is 0 Å². The van der Waals surface area contributed by atoms with Gasteiger partial charge in [-0.3, -0.25) is 0 Å². The van der Waals surface area contributed by atoms with Crippen molar-refractivity contribution in [1.82, 2.24) is 9.80 Å². The highest BCUT2D eigenvalue weighted by molar-refractivity contribution is 5.64. The van der Waals surface area contributed by atoms with Crippen LogP contribution in [0.5, 0.6) is 11.5 Å². The van der Waals surface area contributed by atoms with Crippen molar-refractivity contribution in [1.29, 1.82) is 0 Å². The number of nitrogens with zero attached hydrogens (tertiary/aromatic N) is 2. The van der Waals surface area contributed by atoms with Gasteiger partial charge in [0.2, 0.25) is 0 Å². The standard InChI is InChI=1S/C26H36N2O4/c29-23(17-27-13-1-2-14-27)19-31-25-9-5-21(6-10-25)22-7-11-26(12-8-22)32-20-24(30)18-28-15-3-4-16-28/h5-12,23-24,29-30H,1-4,13-20H2/t23-,24+. The fraction of sp³-hybridized carbons (Fsp3) is 0.538. The summed E-state index contributed by atoms with van der Waals surface area (Å²) in [6, 6.07) is 15.9. The summed E-state index contributed by atoms with van der Waals surface area (Å²) in [5, 5.41) is 20.4. The highest BCUT2D eigenvalue weighted by Gasteiger charge is 2.17. The molecular formula is C26H36N2O4. The van der Waals surface area contributed by atoms with Crippen molar-refractivity contribution in [2.75, 3.05) is 52.5 Å². The molecule has 2 aromatic carbocycles. The highest BCUT2D eigenvalue weighted by atomic mass is 16.5. The zero-order valence-corrected chi connectivity index (χ0v) is 18.9. The lowest BCUT2D eigenvalue weighted by Gasteiger charge is -2.19. The maximum Gasteiger partial charge on any atom is 0.119 e. The van der Waals surface area contributed by atoms with Crippen LogP contribution in [0.15, 0.2) is 48.5 Å². The van der Waals surface area contributed by atoms with Crippen LogP contribution >= 0.6 is 0 Å². The van der Waals surface area contributed by atoms with Crippen molar-refractivity contribution in [3.8, 4) is 22.6 Å². The quantitative estimate of drug-likeness (QED) is 0.560. The largest absolute Gasteiger partial charge is 0.491 e. The summed E-state index contributed by atoms with van der Waals surface area (Å²) < 4.78 is 11.5. The molecular weight excluding hydrogens is 404 g/mol. The molecule has 2 aromatic rings. The first-order chi connectivity index (χ1) is 15.7. The van der Waals surface area contributed by atoms with Crippen molar-refractivity contribution in [2.24, 2.45) is 0 Å². The van der Waals surface area contributed by atoms with E-state index < -0.39 is 12.2 Å². The molecule has 0 aromatic heterocycles. The summed E-state index contributed by atoms with van der Waals surface area (Å²) in [7, 11) is 0. The number of benzene rings is 2. The van der Waals surface area contributed by atoms with E-state index in [9.17, 15) is 10.2 Å². The average molecular weight is 441 g/mol. The molecule has 2 heterocycles. The van der Waals surface area contributed by atoms with Crippen molar-refractivity contribution < 1.29 is 19.7 Å². The lowest BCUT2D eigenvalue weighted by molar-refractivity contribution is 0.0757. The number of aliphatic hydroxyl groups excluding tert-OH is 2. The van der Waals surface area contributed by atoms with E-state index in [4.69, 9.17) is 9.47 Å². The molecule has 0 bridgehead atoms. The van der Waals surface area contributed by atoms with Gasteiger partial charge in [-0.1, -0.05) is 24.3 Å². The van der Waals surface area contributed by atoms with Crippen LogP contribution < -0.4 is 9.47 Å². The molecule has 174 valence electrons. The molecule has 0 amide bonds. The predicted molar refractivity (Wildman–Crippen MR) is 126 cm³/mol. The second kappa shape index (κ2) is 11.7. The van der Waals surface area contributed by atoms with Gasteiger partial charge in [0, 0.05) is 13.1 Å². The number of rotatable bonds is 11. The van der Waals surface area contributed by atoms with Gasteiger partial charge in [0.25, 0.3) is 0 Å². The summed E-state index contributed by atoms with van der Waals surface area (Å²) in [6.07, 6.45) is 3.97. The fourth-order valence-electron chi connectivity index (χ4n) is 4.50. The lowest BCUT2D eigenvalue weighted by Crippen LogP contribution is -2.33. The first-order valence-electron chi connectivity index (χ1n) is 11.9. The zero-order valence-electron chi connectivity index (χ0n) is 18.9. The molecule has 6 heteroatoms. The summed E-state index contributed by atoms with van der Waals surface area (Å²) in [6.45, 7) is 6.30. The monoisotopic (exact) mass is 440 g/mol. The first-order valence-corrected chi connectivity index (χ1v) is 11.9. The number of β-amino-alcohol motifs (C(OH)–C–C–N with tert-alkyl or cyclic N) is 2. The molecule has 0 radical (unpaired) electrons. The Hall–Kier alpha value is -2.12. The van der Waals surface area contributed by atoms with Crippen LogP contribution in [0.3, 0.4) is 0 Å². The van der Waals surface area contributed by atoms with Gasteiger partial charge >= 0.3 is 0 Å². The Balaban J connectivity index is 1.21. The van der Waals surface area contributed by atoms with Crippen LogP contribution in [0.25, 0.3) is 11.1 Å². The van der Waals surface area contributed by atoms with E-state index in [1.54, 1.807) is 0 Å². The molecule has 6 nitrogen and oxygen atoms in total. The maximum atomic E-state index is 10.2. The minimum atomic E-state index is -0.464. The third-order valence-electron chi connectivity index (χ3n) is 6.26. The van der Waals surface area contributed by atoms with E-state index in [1.807, 2.05) is 48.5 Å². The molecule has 2 fully saturated rings. The van der Waals surface area contributed by atoms with Crippen molar-refractivity contribution in [3.05, 3.63) is 48.5 Å². The molecule has 2 N–H and O–H groups in total. The van der Waals surface area contributed by atoms with Crippen molar-refractivity contribution in [2.45, 2.75) is 37.9 Å². The van der Waals surface area contributed by atoms with Gasteiger partial charge in [-0.2, -0.15) is 0 Å². The Labute approximate surface area is 191 Å². The van der Waals surface area contributed by atoms with Crippen LogP contribution in [0, 0.1) is 0 Å².